The highest BCUT2D eigenvalue weighted by Gasteiger charge is 2.13. The Morgan fingerprint density at radius 3 is 2.80 bits per heavy atom. The van der Waals surface area contributed by atoms with Crippen molar-refractivity contribution in [3.05, 3.63) is 35.0 Å². The molecule has 0 unspecified atom stereocenters. The van der Waals surface area contributed by atoms with Crippen LogP contribution >= 0.6 is 11.6 Å². The van der Waals surface area contributed by atoms with Gasteiger partial charge < -0.3 is 5.11 Å². The number of carbonyl (C=O) groups excluding carboxylic acids is 1. The van der Waals surface area contributed by atoms with E-state index in [-0.39, 0.29) is 5.56 Å². The van der Waals surface area contributed by atoms with Gasteiger partial charge in [-0.25, -0.2) is 4.79 Å². The van der Waals surface area contributed by atoms with Gasteiger partial charge in [-0.15, -0.1) is 0 Å². The Balaban J connectivity index is 2.93. The van der Waals surface area contributed by atoms with E-state index >= 15 is 0 Å². The summed E-state index contributed by atoms with van der Waals surface area (Å²) in [6, 6.07) is 4.85. The molecule has 2 aromatic rings. The van der Waals surface area contributed by atoms with Gasteiger partial charge in [-0.2, -0.15) is 0 Å². The number of fused-ring (bicyclic) bond motifs is 1. The number of carbonyl (C=O) groups is 2. The van der Waals surface area contributed by atoms with Crippen molar-refractivity contribution in [1.82, 2.24) is 4.57 Å². The molecular weight excluding hydrogens is 218 g/mol. The van der Waals surface area contributed by atoms with E-state index in [4.69, 9.17) is 16.7 Å². The molecule has 0 spiro atoms. The normalized spacial score (nSPS) is 10.5. The molecule has 2 rings (SSSR count). The van der Waals surface area contributed by atoms with Crippen LogP contribution in [0.25, 0.3) is 10.9 Å². The van der Waals surface area contributed by atoms with Crippen molar-refractivity contribution < 1.29 is 14.7 Å². The Hall–Kier alpha value is -1.81. The fraction of sp³-hybridized carbons (Fsp3) is 0. The number of rotatable bonds is 1. The summed E-state index contributed by atoms with van der Waals surface area (Å²) >= 11 is 5.89. The summed E-state index contributed by atoms with van der Waals surface area (Å²) in [4.78, 5) is 21.6. The van der Waals surface area contributed by atoms with E-state index in [0.717, 1.165) is 4.57 Å². The summed E-state index contributed by atoms with van der Waals surface area (Å²) < 4.78 is 0.977. The first-order valence-corrected chi connectivity index (χ1v) is 4.51. The van der Waals surface area contributed by atoms with Crippen LogP contribution in [0.5, 0.6) is 0 Å². The standard InChI is InChI=1S/C10H6ClNO3/c11-7-2-1-3-8-9(7)6(5-13)4-12(8)10(14)15/h1-5H,(H,14,15). The fourth-order valence-corrected chi connectivity index (χ4v) is 1.80. The molecule has 0 amide bonds. The summed E-state index contributed by atoms with van der Waals surface area (Å²) in [6.07, 6.45) is 0.704. The van der Waals surface area contributed by atoms with Crippen molar-refractivity contribution in [2.45, 2.75) is 0 Å². The minimum Gasteiger partial charge on any atom is -0.464 e. The van der Waals surface area contributed by atoms with E-state index in [9.17, 15) is 9.59 Å². The average molecular weight is 224 g/mol. The van der Waals surface area contributed by atoms with Gasteiger partial charge in [-0.1, -0.05) is 17.7 Å². The zero-order valence-electron chi connectivity index (χ0n) is 7.48. The Bertz CT molecular complexity index is 559. The molecule has 15 heavy (non-hydrogen) atoms. The number of carboxylic acid groups (broad SMARTS) is 1. The maximum absolute atomic E-state index is 10.9. The molecule has 0 aliphatic rings. The second-order valence-electron chi connectivity index (χ2n) is 2.99. The molecule has 0 atom stereocenters. The van der Waals surface area contributed by atoms with E-state index in [2.05, 4.69) is 0 Å². The highest BCUT2D eigenvalue weighted by Crippen LogP contribution is 2.27. The maximum atomic E-state index is 10.9. The molecule has 0 radical (unpaired) electrons. The molecular formula is C10H6ClNO3. The number of hydrogen-bond acceptors (Lipinski definition) is 2. The molecule has 0 saturated heterocycles. The van der Waals surface area contributed by atoms with Crippen molar-refractivity contribution in [3.8, 4) is 0 Å². The molecule has 5 heteroatoms. The maximum Gasteiger partial charge on any atom is 0.416 e. The van der Waals surface area contributed by atoms with Crippen LogP contribution in [0.1, 0.15) is 10.4 Å². The quantitative estimate of drug-likeness (QED) is 0.756. The first kappa shape index (κ1) is 9.73. The number of aldehydes is 1. The van der Waals surface area contributed by atoms with Crippen molar-refractivity contribution in [2.24, 2.45) is 0 Å². The second-order valence-corrected chi connectivity index (χ2v) is 3.40. The largest absolute Gasteiger partial charge is 0.464 e. The minimum atomic E-state index is -1.14. The summed E-state index contributed by atoms with van der Waals surface area (Å²) in [5, 5.41) is 9.73. The molecule has 1 heterocycles. The van der Waals surface area contributed by atoms with Crippen LogP contribution in [0, 0.1) is 0 Å². The van der Waals surface area contributed by atoms with E-state index in [1.165, 1.54) is 6.20 Å². The lowest BCUT2D eigenvalue weighted by Crippen LogP contribution is -2.05. The number of aromatic nitrogens is 1. The monoisotopic (exact) mass is 223 g/mol. The molecule has 0 saturated carbocycles. The van der Waals surface area contributed by atoms with Gasteiger partial charge in [0.1, 0.15) is 0 Å². The molecule has 1 aromatic heterocycles. The Morgan fingerprint density at radius 2 is 2.20 bits per heavy atom. The average Bonchev–Trinajstić information content (AvgIpc) is 2.58. The van der Waals surface area contributed by atoms with Gasteiger partial charge >= 0.3 is 6.09 Å². The van der Waals surface area contributed by atoms with Gasteiger partial charge in [-0.05, 0) is 12.1 Å². The first-order valence-electron chi connectivity index (χ1n) is 4.13. The molecule has 0 aliphatic carbocycles. The number of nitrogens with zero attached hydrogens (tertiary/aromatic N) is 1. The van der Waals surface area contributed by atoms with Crippen LogP contribution in [-0.2, 0) is 0 Å². The van der Waals surface area contributed by atoms with Crippen molar-refractivity contribution >= 4 is 34.9 Å². The Kier molecular flexibility index (Phi) is 2.21. The van der Waals surface area contributed by atoms with Crippen molar-refractivity contribution in [3.63, 3.8) is 0 Å². The fourth-order valence-electron chi connectivity index (χ4n) is 1.52. The highest BCUT2D eigenvalue weighted by molar-refractivity contribution is 6.36. The Labute approximate surface area is 89.7 Å². The Morgan fingerprint density at radius 1 is 1.47 bits per heavy atom. The minimum absolute atomic E-state index is 0.276. The molecule has 1 aromatic carbocycles. The van der Waals surface area contributed by atoms with Gasteiger partial charge in [0.15, 0.2) is 6.29 Å². The van der Waals surface area contributed by atoms with E-state index < -0.39 is 6.09 Å². The second kappa shape index (κ2) is 3.40. The van der Waals surface area contributed by atoms with Crippen LogP contribution in [-0.4, -0.2) is 22.1 Å². The molecule has 0 bridgehead atoms. The number of halogens is 1. The lowest BCUT2D eigenvalue weighted by Gasteiger charge is -1.97. The SMILES string of the molecule is O=Cc1cn(C(=O)O)c2cccc(Cl)c12. The molecule has 1 N–H and O–H groups in total. The predicted octanol–water partition coefficient (Wildman–Crippen LogP) is 2.63. The molecule has 76 valence electrons. The molecule has 4 nitrogen and oxygen atoms in total. The first-order chi connectivity index (χ1) is 7.15. The van der Waals surface area contributed by atoms with Crippen LogP contribution in [0.15, 0.2) is 24.4 Å². The molecule has 0 fully saturated rings. The van der Waals surface area contributed by atoms with Crippen LogP contribution in [0.2, 0.25) is 5.02 Å². The van der Waals surface area contributed by atoms with Gasteiger partial charge in [0.25, 0.3) is 0 Å². The van der Waals surface area contributed by atoms with Crippen molar-refractivity contribution in [1.29, 1.82) is 0 Å². The third-order valence-electron chi connectivity index (χ3n) is 2.14. The van der Waals surface area contributed by atoms with Crippen LogP contribution in [0.3, 0.4) is 0 Å². The van der Waals surface area contributed by atoms with Gasteiger partial charge in [-0.3, -0.25) is 9.36 Å². The smallest absolute Gasteiger partial charge is 0.416 e. The third kappa shape index (κ3) is 1.39. The third-order valence-corrected chi connectivity index (χ3v) is 2.46. The van der Waals surface area contributed by atoms with Gasteiger partial charge in [0.05, 0.1) is 10.5 Å². The zero-order valence-corrected chi connectivity index (χ0v) is 8.23. The predicted molar refractivity (Wildman–Crippen MR) is 55.8 cm³/mol. The molecule has 0 aliphatic heterocycles. The summed E-state index contributed by atoms with van der Waals surface area (Å²) in [7, 11) is 0. The van der Waals surface area contributed by atoms with E-state index in [0.29, 0.717) is 22.2 Å². The lowest BCUT2D eigenvalue weighted by atomic mass is 10.2. The van der Waals surface area contributed by atoms with E-state index in [1.807, 2.05) is 0 Å². The summed E-state index contributed by atoms with van der Waals surface area (Å²) in [5.74, 6) is 0. The summed E-state index contributed by atoms with van der Waals surface area (Å²) in [5.41, 5.74) is 0.690. The van der Waals surface area contributed by atoms with Gasteiger partial charge in [0, 0.05) is 17.1 Å². The van der Waals surface area contributed by atoms with Crippen LogP contribution in [0.4, 0.5) is 4.79 Å². The lowest BCUT2D eigenvalue weighted by molar-refractivity contribution is 0.112. The van der Waals surface area contributed by atoms with E-state index in [1.54, 1.807) is 18.2 Å². The number of benzene rings is 1. The topological polar surface area (TPSA) is 59.3 Å². The van der Waals surface area contributed by atoms with Crippen molar-refractivity contribution in [2.75, 3.05) is 0 Å². The highest BCUT2D eigenvalue weighted by atomic mass is 35.5. The summed E-state index contributed by atoms with van der Waals surface area (Å²) in [6.45, 7) is 0. The van der Waals surface area contributed by atoms with Gasteiger partial charge in [0.2, 0.25) is 0 Å². The number of hydrogen-bond donors (Lipinski definition) is 1. The zero-order chi connectivity index (χ0) is 11.0. The van der Waals surface area contributed by atoms with Crippen LogP contribution < -0.4 is 0 Å².